The average Bonchev–Trinajstić information content (AvgIpc) is 3.43. The summed E-state index contributed by atoms with van der Waals surface area (Å²) in [6.45, 7) is 6.17. The van der Waals surface area contributed by atoms with Crippen LogP contribution >= 0.6 is 34.9 Å². The molecule has 1 aromatic heterocycles. The Balaban J connectivity index is 0.000000461. The third-order valence-corrected chi connectivity index (χ3v) is 10.1. The van der Waals surface area contributed by atoms with E-state index in [1.54, 1.807) is 32.9 Å². The summed E-state index contributed by atoms with van der Waals surface area (Å²) in [7, 11) is -4.02. The highest BCUT2D eigenvalue weighted by Gasteiger charge is 2.55. The van der Waals surface area contributed by atoms with Gasteiger partial charge in [0.1, 0.15) is 22.8 Å². The molecule has 0 bridgehead atoms. The normalized spacial score (nSPS) is 17.7. The Labute approximate surface area is 283 Å². The molecular formula is C28H31N5O10S4. The topological polar surface area (TPSA) is 228 Å². The Bertz CT molecular complexity index is 1740. The van der Waals surface area contributed by atoms with E-state index in [0.29, 0.717) is 10.7 Å². The van der Waals surface area contributed by atoms with Crippen LogP contribution in [0.15, 0.2) is 50.3 Å². The number of aryl methyl sites for hydroxylation is 1. The molecule has 0 unspecified atom stereocenters. The van der Waals surface area contributed by atoms with E-state index in [2.05, 4.69) is 21.4 Å². The number of thiazole rings is 1. The van der Waals surface area contributed by atoms with Gasteiger partial charge in [-0.1, -0.05) is 28.8 Å². The molecule has 252 valence electrons. The first-order valence-electron chi connectivity index (χ1n) is 13.4. The zero-order valence-corrected chi connectivity index (χ0v) is 28.7. The van der Waals surface area contributed by atoms with Crippen molar-refractivity contribution < 1.29 is 46.8 Å². The highest BCUT2D eigenvalue weighted by Crippen LogP contribution is 2.43. The lowest BCUT2D eigenvalue weighted by atomic mass is 9.98. The van der Waals surface area contributed by atoms with Gasteiger partial charge in [-0.05, 0) is 39.8 Å². The lowest BCUT2D eigenvalue weighted by Crippen LogP contribution is -2.71. The number of rotatable bonds is 9. The molecular weight excluding hydrogens is 695 g/mol. The fourth-order valence-corrected chi connectivity index (χ4v) is 7.11. The number of aromatic nitrogens is 1. The summed E-state index contributed by atoms with van der Waals surface area (Å²) >= 11 is 3.57. The predicted molar refractivity (Wildman–Crippen MR) is 176 cm³/mol. The molecule has 2 aromatic rings. The first-order valence-corrected chi connectivity index (χ1v) is 17.7. The second kappa shape index (κ2) is 15.7. The highest BCUT2D eigenvalue weighted by atomic mass is 32.2. The number of anilines is 1. The molecule has 2 atom stereocenters. The number of nitrogens with two attached hydrogens (primary N) is 1. The van der Waals surface area contributed by atoms with E-state index in [4.69, 9.17) is 26.2 Å². The number of nitrogen functional groups attached to an aromatic ring is 1. The van der Waals surface area contributed by atoms with Crippen LogP contribution < -0.4 is 11.1 Å². The van der Waals surface area contributed by atoms with E-state index >= 15 is 0 Å². The number of oxime groups is 1. The van der Waals surface area contributed by atoms with Crippen molar-refractivity contribution in [1.82, 2.24) is 15.2 Å². The number of esters is 2. The van der Waals surface area contributed by atoms with Gasteiger partial charge < -0.3 is 25.7 Å². The summed E-state index contributed by atoms with van der Waals surface area (Å²) in [6.07, 6.45) is 5.35. The van der Waals surface area contributed by atoms with Crippen LogP contribution in [0.3, 0.4) is 0 Å². The van der Waals surface area contributed by atoms with Crippen molar-refractivity contribution in [3.05, 3.63) is 51.5 Å². The summed E-state index contributed by atoms with van der Waals surface area (Å²) in [5.74, 6) is 0.201. The monoisotopic (exact) mass is 725 g/mol. The largest absolute Gasteiger partial charge is 0.427 e. The maximum Gasteiger partial charge on any atom is 0.358 e. The molecule has 3 heterocycles. The first-order chi connectivity index (χ1) is 22.0. The summed E-state index contributed by atoms with van der Waals surface area (Å²) in [5, 5.41) is 15.8. The number of nitrogens with zero attached hydrogens (tertiary/aromatic N) is 3. The first kappa shape index (κ1) is 37.4. The molecule has 2 aliphatic heterocycles. The van der Waals surface area contributed by atoms with Gasteiger partial charge in [0.2, 0.25) is 6.79 Å². The van der Waals surface area contributed by atoms with E-state index in [1.165, 1.54) is 45.9 Å². The minimum Gasteiger partial charge on any atom is -0.427 e. The van der Waals surface area contributed by atoms with Crippen molar-refractivity contribution in [1.29, 1.82) is 0 Å². The lowest BCUT2D eigenvalue weighted by molar-refractivity contribution is -0.173. The molecule has 1 saturated heterocycles. The van der Waals surface area contributed by atoms with Crippen LogP contribution in [0.1, 0.15) is 32.0 Å². The molecule has 0 saturated carbocycles. The van der Waals surface area contributed by atoms with E-state index < -0.39 is 63.2 Å². The Morgan fingerprint density at radius 1 is 1.26 bits per heavy atom. The average molecular weight is 726 g/mol. The number of nitrogens with one attached hydrogen (secondary N) is 1. The highest BCUT2D eigenvalue weighted by molar-refractivity contribution is 8.06. The zero-order chi connectivity index (χ0) is 35.1. The summed E-state index contributed by atoms with van der Waals surface area (Å²) < 4.78 is 39.7. The molecule has 19 heteroatoms. The van der Waals surface area contributed by atoms with Crippen LogP contribution in [-0.2, 0) is 38.8 Å². The van der Waals surface area contributed by atoms with Crippen molar-refractivity contribution in [2.24, 2.45) is 10.6 Å². The van der Waals surface area contributed by atoms with Gasteiger partial charge in [-0.15, -0.1) is 41.3 Å². The number of carbonyl (C=O) groups excluding carboxylic acids is 4. The van der Waals surface area contributed by atoms with Crippen molar-refractivity contribution in [2.75, 3.05) is 24.0 Å². The van der Waals surface area contributed by atoms with Crippen molar-refractivity contribution in [3.8, 4) is 12.3 Å². The van der Waals surface area contributed by atoms with E-state index in [-0.39, 0.29) is 27.2 Å². The molecule has 0 aliphatic carbocycles. The summed E-state index contributed by atoms with van der Waals surface area (Å²) in [5.41, 5.74) is 5.36. The number of terminal acetylenes is 1. The van der Waals surface area contributed by atoms with Crippen molar-refractivity contribution >= 4 is 79.6 Å². The van der Waals surface area contributed by atoms with Crippen LogP contribution in [0.4, 0.5) is 5.13 Å². The van der Waals surface area contributed by atoms with Crippen LogP contribution in [0.25, 0.3) is 0 Å². The third-order valence-electron chi connectivity index (χ3n) is 6.13. The fourth-order valence-electron chi connectivity index (χ4n) is 3.77. The van der Waals surface area contributed by atoms with Gasteiger partial charge in [0, 0.05) is 16.0 Å². The summed E-state index contributed by atoms with van der Waals surface area (Å²) in [6, 6.07) is 4.98. The molecule has 2 aliphatic rings. The third kappa shape index (κ3) is 9.48. The second-order valence-electron chi connectivity index (χ2n) is 10.7. The van der Waals surface area contributed by atoms with Crippen molar-refractivity contribution in [3.63, 3.8) is 0 Å². The van der Waals surface area contributed by atoms with E-state index in [0.717, 1.165) is 16.9 Å². The molecule has 4 rings (SSSR count). The molecule has 5 N–H and O–H groups in total. The minimum atomic E-state index is -4.02. The number of fused-ring (bicyclic) bond motifs is 1. The second-order valence-corrected chi connectivity index (χ2v) is 15.2. The Morgan fingerprint density at radius 3 is 2.45 bits per heavy atom. The van der Waals surface area contributed by atoms with Gasteiger partial charge in [0.25, 0.3) is 21.9 Å². The molecule has 15 nitrogen and oxygen atoms in total. The zero-order valence-electron chi connectivity index (χ0n) is 25.5. The molecule has 2 amide bonds. The van der Waals surface area contributed by atoms with Crippen LogP contribution in [-0.4, -0.2) is 87.2 Å². The number of hydrogen-bond donors (Lipinski definition) is 4. The van der Waals surface area contributed by atoms with Gasteiger partial charge in [0.15, 0.2) is 10.8 Å². The maximum atomic E-state index is 13.0. The Kier molecular flexibility index (Phi) is 12.5. The molecule has 47 heavy (non-hydrogen) atoms. The SMILES string of the molecule is C#CCSC1=C(C(=O)OCOC(=O)C(C)(C)C)N2C(=O)[C@@H](NC(=O)/C(=N\O)c3csc(N)n3)[C@H]2SC1.Cc1ccc(S(=O)(=O)O)cc1. The van der Waals surface area contributed by atoms with E-state index in [1.807, 2.05) is 6.92 Å². The van der Waals surface area contributed by atoms with Crippen LogP contribution in [0.2, 0.25) is 0 Å². The molecule has 0 spiro atoms. The van der Waals surface area contributed by atoms with Gasteiger partial charge in [-0.3, -0.25) is 23.8 Å². The number of benzene rings is 1. The minimum absolute atomic E-state index is 0.0235. The van der Waals surface area contributed by atoms with Gasteiger partial charge >= 0.3 is 11.9 Å². The number of amides is 2. The van der Waals surface area contributed by atoms with Crippen LogP contribution in [0, 0.1) is 24.7 Å². The maximum absolute atomic E-state index is 13.0. The number of thioether (sulfide) groups is 2. The standard InChI is InChI=1S/C21H23N5O7S3.C7H8O3S/c1-5-6-34-11-8-35-17-13(24-15(27)12(25-31)10-7-36-20(22)23-10)16(28)26(17)14(11)18(29)32-9-33-19(30)21(2,3)4;1-6-2-4-7(5-3-6)11(8,9)10/h1,7,13,17,31H,6,8-9H2,2-4H3,(H2,22,23)(H,24,27);2-5H,1H3,(H,8,9,10)/b25-12-;/t13-,17-;/m1./s1. The van der Waals surface area contributed by atoms with Crippen molar-refractivity contribution in [2.45, 2.75) is 44.0 Å². The lowest BCUT2D eigenvalue weighted by Gasteiger charge is -2.49. The number of β-lactam (4-membered cyclic amide) rings is 1. The quantitative estimate of drug-likeness (QED) is 0.0425. The molecule has 0 radical (unpaired) electrons. The number of hydrogen-bond acceptors (Lipinski definition) is 15. The van der Waals surface area contributed by atoms with Gasteiger partial charge in [-0.25, -0.2) is 9.78 Å². The molecule has 1 aromatic carbocycles. The van der Waals surface area contributed by atoms with E-state index in [9.17, 15) is 32.8 Å². The Morgan fingerprint density at radius 2 is 1.91 bits per heavy atom. The summed E-state index contributed by atoms with van der Waals surface area (Å²) in [4.78, 5) is 56.1. The Hall–Kier alpha value is -4.09. The van der Waals surface area contributed by atoms with Gasteiger partial charge in [-0.2, -0.15) is 8.42 Å². The predicted octanol–water partition coefficient (Wildman–Crippen LogP) is 2.21. The number of ether oxygens (including phenoxy) is 2. The number of carbonyl (C=O) groups is 4. The smallest absolute Gasteiger partial charge is 0.358 e. The fraction of sp³-hybridized carbons (Fsp3) is 0.357. The molecule has 1 fully saturated rings. The van der Waals surface area contributed by atoms with Gasteiger partial charge in [0.05, 0.1) is 16.1 Å². The van der Waals surface area contributed by atoms with Crippen LogP contribution in [0.5, 0.6) is 0 Å².